The zero-order valence-electron chi connectivity index (χ0n) is 23.4. The van der Waals surface area contributed by atoms with Crippen molar-refractivity contribution in [2.45, 2.75) is 0 Å². The van der Waals surface area contributed by atoms with Gasteiger partial charge in [0.1, 0.15) is 11.2 Å². The smallest absolute Gasteiger partial charge is 0.136 e. The average molecular weight is 547 g/mol. The fraction of sp³-hybridized carbons (Fsp3) is 0. The maximum atomic E-state index is 6.36. The van der Waals surface area contributed by atoms with E-state index in [4.69, 9.17) is 4.42 Å². The predicted molar refractivity (Wildman–Crippen MR) is 183 cm³/mol. The van der Waals surface area contributed by atoms with Gasteiger partial charge in [-0.15, -0.1) is 0 Å². The van der Waals surface area contributed by atoms with E-state index in [-0.39, 0.29) is 0 Å². The Morgan fingerprint density at radius 2 is 0.837 bits per heavy atom. The van der Waals surface area contributed by atoms with Crippen LogP contribution < -0.4 is 0 Å². The first-order chi connectivity index (χ1) is 21.3. The molecule has 200 valence electrons. The quantitative estimate of drug-likeness (QED) is 0.201. The molecule has 8 aromatic carbocycles. The van der Waals surface area contributed by atoms with E-state index >= 15 is 0 Å². The molecule has 0 aliphatic heterocycles. The van der Waals surface area contributed by atoms with Crippen LogP contribution in [-0.2, 0) is 0 Å². The predicted octanol–water partition coefficient (Wildman–Crippen LogP) is 12.0. The maximum Gasteiger partial charge on any atom is 0.136 e. The lowest BCUT2D eigenvalue weighted by Gasteiger charge is -2.19. The SMILES string of the molecule is c1ccc(-c2ccccc2-c2c3ccccc3c(-c3ccc4oc5cc6ccccc6cc5c4c3)c3ccccc23)cc1. The minimum atomic E-state index is 0.913. The molecule has 1 heteroatoms. The number of fused-ring (bicyclic) bond motifs is 6. The van der Waals surface area contributed by atoms with Crippen molar-refractivity contribution >= 4 is 54.3 Å². The molecule has 1 aromatic heterocycles. The number of hydrogen-bond acceptors (Lipinski definition) is 1. The lowest BCUT2D eigenvalue weighted by Crippen LogP contribution is -1.92. The Morgan fingerprint density at radius 1 is 0.302 bits per heavy atom. The third kappa shape index (κ3) is 3.72. The highest BCUT2D eigenvalue weighted by Crippen LogP contribution is 2.46. The Bertz CT molecular complexity index is 2440. The summed E-state index contributed by atoms with van der Waals surface area (Å²) >= 11 is 0. The molecular weight excluding hydrogens is 520 g/mol. The Kier molecular flexibility index (Phi) is 5.27. The van der Waals surface area contributed by atoms with E-state index < -0.39 is 0 Å². The first-order valence-corrected chi connectivity index (χ1v) is 14.8. The summed E-state index contributed by atoms with van der Waals surface area (Å²) in [5.74, 6) is 0. The lowest BCUT2D eigenvalue weighted by molar-refractivity contribution is 0.669. The molecule has 0 saturated carbocycles. The van der Waals surface area contributed by atoms with Crippen LogP contribution >= 0.6 is 0 Å². The van der Waals surface area contributed by atoms with Gasteiger partial charge >= 0.3 is 0 Å². The monoisotopic (exact) mass is 546 g/mol. The zero-order valence-corrected chi connectivity index (χ0v) is 23.4. The van der Waals surface area contributed by atoms with Gasteiger partial charge in [-0.1, -0.05) is 133 Å². The molecule has 9 rings (SSSR count). The molecule has 0 atom stereocenters. The van der Waals surface area contributed by atoms with E-state index in [1.807, 2.05) is 0 Å². The van der Waals surface area contributed by atoms with Crippen LogP contribution in [0.15, 0.2) is 162 Å². The summed E-state index contributed by atoms with van der Waals surface area (Å²) in [6.07, 6.45) is 0. The van der Waals surface area contributed by atoms with Gasteiger partial charge in [-0.25, -0.2) is 0 Å². The summed E-state index contributed by atoms with van der Waals surface area (Å²) in [5.41, 5.74) is 9.27. The average Bonchev–Trinajstić information content (AvgIpc) is 3.43. The summed E-state index contributed by atoms with van der Waals surface area (Å²) in [7, 11) is 0. The topological polar surface area (TPSA) is 13.1 Å². The summed E-state index contributed by atoms with van der Waals surface area (Å²) < 4.78 is 6.36. The van der Waals surface area contributed by atoms with Crippen molar-refractivity contribution in [1.29, 1.82) is 0 Å². The third-order valence-corrected chi connectivity index (χ3v) is 8.84. The normalized spacial score (nSPS) is 11.7. The van der Waals surface area contributed by atoms with Crippen LogP contribution in [0, 0.1) is 0 Å². The van der Waals surface area contributed by atoms with Gasteiger partial charge in [-0.3, -0.25) is 0 Å². The van der Waals surface area contributed by atoms with Crippen molar-refractivity contribution < 1.29 is 4.42 Å². The Hall–Kier alpha value is -5.66. The number of furan rings is 1. The van der Waals surface area contributed by atoms with Gasteiger partial charge < -0.3 is 4.42 Å². The van der Waals surface area contributed by atoms with Gasteiger partial charge in [-0.05, 0) is 90.0 Å². The second-order valence-electron chi connectivity index (χ2n) is 11.3. The van der Waals surface area contributed by atoms with Crippen molar-refractivity contribution in [3.05, 3.63) is 158 Å². The standard InChI is InChI=1S/C42H26O/c1-2-12-27(13-3-1)31-16-6-7-17-32(31)42-35-20-10-8-18-33(35)41(34-19-9-11-21-36(34)42)30-22-23-39-37(25-30)38-24-28-14-4-5-15-29(28)26-40(38)43-39/h1-26H. The van der Waals surface area contributed by atoms with E-state index in [1.54, 1.807) is 0 Å². The summed E-state index contributed by atoms with van der Waals surface area (Å²) in [6, 6.07) is 56.8. The zero-order chi connectivity index (χ0) is 28.3. The van der Waals surface area contributed by atoms with Crippen molar-refractivity contribution in [1.82, 2.24) is 0 Å². The van der Waals surface area contributed by atoms with Crippen LogP contribution in [0.1, 0.15) is 0 Å². The number of benzene rings is 8. The lowest BCUT2D eigenvalue weighted by atomic mass is 9.83. The van der Waals surface area contributed by atoms with Crippen molar-refractivity contribution in [2.24, 2.45) is 0 Å². The first kappa shape index (κ1) is 24.0. The molecule has 0 saturated heterocycles. The molecule has 0 radical (unpaired) electrons. The van der Waals surface area contributed by atoms with Gasteiger partial charge in [0.15, 0.2) is 0 Å². The minimum absolute atomic E-state index is 0.913. The summed E-state index contributed by atoms with van der Waals surface area (Å²) in [6.45, 7) is 0. The first-order valence-electron chi connectivity index (χ1n) is 14.8. The highest BCUT2D eigenvalue weighted by atomic mass is 16.3. The molecule has 0 unspecified atom stereocenters. The highest BCUT2D eigenvalue weighted by molar-refractivity contribution is 6.23. The van der Waals surface area contributed by atoms with Gasteiger partial charge in [0, 0.05) is 10.8 Å². The van der Waals surface area contributed by atoms with Crippen LogP contribution in [0.3, 0.4) is 0 Å². The Labute approximate surface area is 249 Å². The Morgan fingerprint density at radius 3 is 1.53 bits per heavy atom. The highest BCUT2D eigenvalue weighted by Gasteiger charge is 2.19. The minimum Gasteiger partial charge on any atom is -0.456 e. The fourth-order valence-corrected chi connectivity index (χ4v) is 6.92. The second-order valence-corrected chi connectivity index (χ2v) is 11.3. The van der Waals surface area contributed by atoms with E-state index in [2.05, 4.69) is 158 Å². The molecule has 1 heterocycles. The molecule has 0 spiro atoms. The van der Waals surface area contributed by atoms with E-state index in [0.717, 1.165) is 21.9 Å². The largest absolute Gasteiger partial charge is 0.456 e. The Balaban J connectivity index is 1.36. The van der Waals surface area contributed by atoms with E-state index in [0.29, 0.717) is 0 Å². The molecule has 0 bridgehead atoms. The number of hydrogen-bond donors (Lipinski definition) is 0. The molecule has 9 aromatic rings. The van der Waals surface area contributed by atoms with Gasteiger partial charge in [0.05, 0.1) is 0 Å². The summed E-state index contributed by atoms with van der Waals surface area (Å²) in [4.78, 5) is 0. The van der Waals surface area contributed by atoms with Crippen molar-refractivity contribution in [2.75, 3.05) is 0 Å². The van der Waals surface area contributed by atoms with Crippen LogP contribution in [0.2, 0.25) is 0 Å². The second kappa shape index (κ2) is 9.44. The molecule has 0 amide bonds. The van der Waals surface area contributed by atoms with Crippen LogP contribution in [0.4, 0.5) is 0 Å². The maximum absolute atomic E-state index is 6.36. The molecule has 0 N–H and O–H groups in total. The molecule has 1 nitrogen and oxygen atoms in total. The van der Waals surface area contributed by atoms with Crippen LogP contribution in [0.25, 0.3) is 87.6 Å². The van der Waals surface area contributed by atoms with Crippen LogP contribution in [0.5, 0.6) is 0 Å². The summed E-state index contributed by atoms with van der Waals surface area (Å²) in [5, 5.41) is 9.71. The van der Waals surface area contributed by atoms with E-state index in [1.165, 1.54) is 65.7 Å². The van der Waals surface area contributed by atoms with Gasteiger partial charge in [0.2, 0.25) is 0 Å². The van der Waals surface area contributed by atoms with Crippen molar-refractivity contribution in [3.63, 3.8) is 0 Å². The molecule has 0 fully saturated rings. The number of rotatable bonds is 3. The fourth-order valence-electron chi connectivity index (χ4n) is 6.92. The van der Waals surface area contributed by atoms with Gasteiger partial charge in [-0.2, -0.15) is 0 Å². The molecule has 0 aliphatic carbocycles. The molecule has 0 aliphatic rings. The molecule has 43 heavy (non-hydrogen) atoms. The van der Waals surface area contributed by atoms with Crippen molar-refractivity contribution in [3.8, 4) is 33.4 Å². The van der Waals surface area contributed by atoms with Crippen LogP contribution in [-0.4, -0.2) is 0 Å². The third-order valence-electron chi connectivity index (χ3n) is 8.84. The van der Waals surface area contributed by atoms with Gasteiger partial charge in [0.25, 0.3) is 0 Å². The molecular formula is C42H26O. The van der Waals surface area contributed by atoms with E-state index in [9.17, 15) is 0 Å².